The number of carbonyl (C=O) groups is 2. The lowest BCUT2D eigenvalue weighted by molar-refractivity contribution is -0.119. The van der Waals surface area contributed by atoms with E-state index in [2.05, 4.69) is 5.32 Å². The van der Waals surface area contributed by atoms with Crippen molar-refractivity contribution in [1.82, 2.24) is 5.32 Å². The average molecular weight is 494 g/mol. The Kier molecular flexibility index (Phi) is 6.79. The highest BCUT2D eigenvalue weighted by Crippen LogP contribution is 2.37. The summed E-state index contributed by atoms with van der Waals surface area (Å²) >= 11 is 0. The molecule has 1 aliphatic rings. The topological polar surface area (TPSA) is 96.0 Å². The molecule has 1 N–H and O–H groups in total. The Morgan fingerprint density at radius 3 is 2.26 bits per heavy atom. The van der Waals surface area contributed by atoms with Gasteiger partial charge in [-0.3, -0.25) is 9.69 Å². The van der Waals surface area contributed by atoms with Gasteiger partial charge in [-0.2, -0.15) is 4.31 Å². The monoisotopic (exact) mass is 493 g/mol. The lowest BCUT2D eigenvalue weighted by Gasteiger charge is -2.35. The van der Waals surface area contributed by atoms with Gasteiger partial charge in [0.2, 0.25) is 5.91 Å². The molecule has 182 valence electrons. The number of para-hydroxylation sites is 1. The van der Waals surface area contributed by atoms with Crippen molar-refractivity contribution in [3.05, 3.63) is 83.9 Å². The fraction of sp³-hybridized carbons (Fsp3) is 0.231. The van der Waals surface area contributed by atoms with Crippen LogP contribution in [0.15, 0.2) is 77.7 Å². The minimum absolute atomic E-state index is 0.0320. The second-order valence-corrected chi connectivity index (χ2v) is 10.2. The van der Waals surface area contributed by atoms with Gasteiger partial charge in [-0.05, 0) is 53.4 Å². The number of carbonyl (C=O) groups excluding carboxylic acids is 2. The van der Waals surface area contributed by atoms with Gasteiger partial charge >= 0.3 is 6.03 Å². The van der Waals surface area contributed by atoms with Crippen LogP contribution in [0.4, 0.5) is 16.2 Å². The second kappa shape index (κ2) is 9.79. The number of anilines is 2. The smallest absolute Gasteiger partial charge is 0.343 e. The number of benzene rings is 3. The summed E-state index contributed by atoms with van der Waals surface area (Å²) in [5, 5.41) is 2.79. The van der Waals surface area contributed by atoms with Gasteiger partial charge in [-0.1, -0.05) is 50.2 Å². The Hall–Kier alpha value is -3.85. The highest BCUT2D eigenvalue weighted by molar-refractivity contribution is 7.94. The van der Waals surface area contributed by atoms with Gasteiger partial charge in [0.15, 0.2) is 0 Å². The van der Waals surface area contributed by atoms with Crippen LogP contribution in [0.2, 0.25) is 0 Å². The molecule has 1 heterocycles. The van der Waals surface area contributed by atoms with E-state index in [-0.39, 0.29) is 35.3 Å². The maximum absolute atomic E-state index is 13.5. The van der Waals surface area contributed by atoms with E-state index >= 15 is 0 Å². The fourth-order valence-electron chi connectivity index (χ4n) is 3.85. The van der Waals surface area contributed by atoms with Crippen molar-refractivity contribution >= 4 is 33.3 Å². The first kappa shape index (κ1) is 24.3. The van der Waals surface area contributed by atoms with Gasteiger partial charge < -0.3 is 10.1 Å². The molecule has 4 rings (SSSR count). The summed E-state index contributed by atoms with van der Waals surface area (Å²) in [6, 6.07) is 19.5. The first-order valence-electron chi connectivity index (χ1n) is 11.2. The Labute approximate surface area is 205 Å². The number of nitrogens with one attached hydrogen (secondary N) is 1. The quantitative estimate of drug-likeness (QED) is 0.530. The summed E-state index contributed by atoms with van der Waals surface area (Å²) in [4.78, 5) is 27.4. The number of fused-ring (bicyclic) bond motifs is 1. The van der Waals surface area contributed by atoms with Crippen LogP contribution in [0.5, 0.6) is 5.75 Å². The Morgan fingerprint density at radius 2 is 1.63 bits per heavy atom. The molecule has 0 aromatic heterocycles. The van der Waals surface area contributed by atoms with Gasteiger partial charge in [-0.15, -0.1) is 0 Å². The number of ether oxygens (including phenoxy) is 1. The van der Waals surface area contributed by atoms with Crippen molar-refractivity contribution in [2.75, 3.05) is 22.9 Å². The lowest BCUT2D eigenvalue weighted by atomic mass is 10.0. The molecule has 3 aromatic carbocycles. The number of amides is 3. The zero-order valence-corrected chi connectivity index (χ0v) is 20.6. The van der Waals surface area contributed by atoms with E-state index in [1.54, 1.807) is 55.6 Å². The third kappa shape index (κ3) is 4.85. The van der Waals surface area contributed by atoms with E-state index in [4.69, 9.17) is 4.74 Å². The predicted molar refractivity (Wildman–Crippen MR) is 134 cm³/mol. The zero-order chi connectivity index (χ0) is 25.2. The van der Waals surface area contributed by atoms with Crippen molar-refractivity contribution in [3.8, 4) is 5.75 Å². The molecule has 0 unspecified atom stereocenters. The summed E-state index contributed by atoms with van der Waals surface area (Å²) in [5.74, 6) is 0.543. The van der Waals surface area contributed by atoms with Gasteiger partial charge in [0.05, 0.1) is 18.5 Å². The molecule has 3 aromatic rings. The first-order valence-corrected chi connectivity index (χ1v) is 12.6. The van der Waals surface area contributed by atoms with Crippen LogP contribution in [-0.4, -0.2) is 34.0 Å². The maximum Gasteiger partial charge on any atom is 0.343 e. The number of hydrogen-bond donors (Lipinski definition) is 1. The van der Waals surface area contributed by atoms with E-state index in [0.717, 1.165) is 15.4 Å². The molecule has 3 amide bonds. The third-order valence-electron chi connectivity index (χ3n) is 5.82. The van der Waals surface area contributed by atoms with Gasteiger partial charge in [0, 0.05) is 6.54 Å². The Balaban J connectivity index is 1.60. The number of hydrogen-bond acceptors (Lipinski definition) is 5. The first-order chi connectivity index (χ1) is 16.7. The molecule has 0 saturated heterocycles. The predicted octanol–water partition coefficient (Wildman–Crippen LogP) is 4.27. The highest BCUT2D eigenvalue weighted by Gasteiger charge is 2.43. The minimum atomic E-state index is -4.15. The van der Waals surface area contributed by atoms with Crippen molar-refractivity contribution in [1.29, 1.82) is 0 Å². The molecule has 1 aliphatic heterocycles. The normalized spacial score (nSPS) is 14.6. The summed E-state index contributed by atoms with van der Waals surface area (Å²) in [6.45, 7) is 3.98. The third-order valence-corrected chi connectivity index (χ3v) is 7.57. The van der Waals surface area contributed by atoms with E-state index in [1.807, 2.05) is 26.0 Å². The molecule has 0 bridgehead atoms. The molecule has 9 heteroatoms. The van der Waals surface area contributed by atoms with Crippen molar-refractivity contribution in [2.45, 2.75) is 31.2 Å². The number of rotatable bonds is 7. The number of sulfonamides is 1. The molecule has 0 spiro atoms. The van der Waals surface area contributed by atoms with E-state index in [1.165, 1.54) is 17.0 Å². The second-order valence-electron chi connectivity index (χ2n) is 8.48. The molecule has 0 saturated carbocycles. The minimum Gasteiger partial charge on any atom is -0.497 e. The summed E-state index contributed by atoms with van der Waals surface area (Å²) in [7, 11) is -2.57. The Bertz CT molecular complexity index is 1340. The number of urea groups is 1. The molecular weight excluding hydrogens is 466 g/mol. The van der Waals surface area contributed by atoms with E-state index in [0.29, 0.717) is 5.75 Å². The van der Waals surface area contributed by atoms with Crippen molar-refractivity contribution < 1.29 is 22.7 Å². The summed E-state index contributed by atoms with van der Waals surface area (Å²) in [5.41, 5.74) is 2.27. The van der Waals surface area contributed by atoms with Crippen LogP contribution in [0.25, 0.3) is 0 Å². The van der Waals surface area contributed by atoms with Crippen molar-refractivity contribution in [3.63, 3.8) is 0 Å². The van der Waals surface area contributed by atoms with Crippen molar-refractivity contribution in [2.24, 2.45) is 0 Å². The van der Waals surface area contributed by atoms with Crippen LogP contribution in [-0.2, 0) is 21.4 Å². The van der Waals surface area contributed by atoms with Gasteiger partial charge in [0.25, 0.3) is 10.0 Å². The van der Waals surface area contributed by atoms with Crippen LogP contribution < -0.4 is 19.3 Å². The Morgan fingerprint density at radius 1 is 0.971 bits per heavy atom. The molecule has 0 atom stereocenters. The van der Waals surface area contributed by atoms with Gasteiger partial charge in [0.1, 0.15) is 17.2 Å². The van der Waals surface area contributed by atoms with Crippen LogP contribution in [0.3, 0.4) is 0 Å². The number of nitrogens with zero attached hydrogens (tertiary/aromatic N) is 2. The molecule has 0 aliphatic carbocycles. The van der Waals surface area contributed by atoms with Crippen LogP contribution >= 0.6 is 0 Å². The van der Waals surface area contributed by atoms with E-state index in [9.17, 15) is 18.0 Å². The largest absolute Gasteiger partial charge is 0.497 e. The molecular formula is C26H27N3O5S. The average Bonchev–Trinajstić information content (AvgIpc) is 2.86. The summed E-state index contributed by atoms with van der Waals surface area (Å²) < 4.78 is 32.7. The molecule has 0 radical (unpaired) electrons. The maximum atomic E-state index is 13.5. The van der Waals surface area contributed by atoms with E-state index < -0.39 is 22.0 Å². The van der Waals surface area contributed by atoms with Crippen LogP contribution in [0, 0.1) is 0 Å². The standard InChI is InChI=1S/C26H27N3O5S/c1-18(2)20-10-12-21(13-11-20)29-26(31)28(23-6-4-5-7-24(23)35(29,32)33)17-25(30)27-16-19-8-14-22(34-3)15-9-19/h4-15,18H,16-17H2,1-3H3,(H,27,30). The highest BCUT2D eigenvalue weighted by atomic mass is 32.2. The zero-order valence-electron chi connectivity index (χ0n) is 19.8. The SMILES string of the molecule is COc1ccc(CNC(=O)CN2C(=O)N(c3ccc(C(C)C)cc3)S(=O)(=O)c3ccccc32)cc1. The molecule has 35 heavy (non-hydrogen) atoms. The number of methoxy groups -OCH3 is 1. The molecule has 8 nitrogen and oxygen atoms in total. The lowest BCUT2D eigenvalue weighted by Crippen LogP contribution is -2.53. The summed E-state index contributed by atoms with van der Waals surface area (Å²) in [6.07, 6.45) is 0. The van der Waals surface area contributed by atoms with Crippen LogP contribution in [0.1, 0.15) is 30.9 Å². The van der Waals surface area contributed by atoms with Gasteiger partial charge in [-0.25, -0.2) is 13.2 Å². The molecule has 0 fully saturated rings. The fourth-order valence-corrected chi connectivity index (χ4v) is 5.45.